The third-order valence-electron chi connectivity index (χ3n) is 2.86. The number of hydrogen-bond donors (Lipinski definition) is 1. The minimum atomic E-state index is -4.61. The minimum absolute atomic E-state index is 0.127. The zero-order chi connectivity index (χ0) is 15.2. The molecule has 0 saturated carbocycles. The molecule has 0 aliphatic carbocycles. The summed E-state index contributed by atoms with van der Waals surface area (Å²) >= 11 is 3.22. The van der Waals surface area contributed by atoms with E-state index in [0.29, 0.717) is 10.3 Å². The summed E-state index contributed by atoms with van der Waals surface area (Å²) in [6, 6.07) is 4.26. The van der Waals surface area contributed by atoms with Crippen LogP contribution in [0.25, 0.3) is 16.9 Å². The normalized spacial score (nSPS) is 12.0. The van der Waals surface area contributed by atoms with Crippen molar-refractivity contribution >= 4 is 27.4 Å². The highest BCUT2D eigenvalue weighted by Gasteiger charge is 2.37. The number of nitrogens with two attached hydrogens (primary N) is 1. The summed E-state index contributed by atoms with van der Waals surface area (Å²) in [5.74, 6) is -0.577. The highest BCUT2D eigenvalue weighted by Crippen LogP contribution is 2.39. The second-order valence-electron chi connectivity index (χ2n) is 4.19. The lowest BCUT2D eigenvalue weighted by molar-refractivity contribution is -0.136. The molecule has 0 fully saturated rings. The molecule has 0 saturated heterocycles. The topological polar surface area (TPSA) is 69.1 Å². The van der Waals surface area contributed by atoms with Gasteiger partial charge in [-0.2, -0.15) is 18.3 Å². The maximum atomic E-state index is 13.2. The van der Waals surface area contributed by atoms with Crippen LogP contribution < -0.4 is 5.73 Å². The van der Waals surface area contributed by atoms with Gasteiger partial charge in [0.1, 0.15) is 16.0 Å². The summed E-state index contributed by atoms with van der Waals surface area (Å²) in [5.41, 5.74) is 4.90. The van der Waals surface area contributed by atoms with E-state index in [1.54, 1.807) is 6.07 Å². The van der Waals surface area contributed by atoms with E-state index in [4.69, 9.17) is 5.73 Å². The molecule has 0 radical (unpaired) electrons. The van der Waals surface area contributed by atoms with E-state index in [2.05, 4.69) is 31.0 Å². The van der Waals surface area contributed by atoms with Gasteiger partial charge >= 0.3 is 6.18 Å². The van der Waals surface area contributed by atoms with Gasteiger partial charge in [0, 0.05) is 11.8 Å². The third-order valence-corrected chi connectivity index (χ3v) is 3.40. The fourth-order valence-corrected chi connectivity index (χ4v) is 2.34. The highest BCUT2D eigenvalue weighted by atomic mass is 79.9. The van der Waals surface area contributed by atoms with Crippen molar-refractivity contribution < 1.29 is 13.2 Å². The van der Waals surface area contributed by atoms with Crippen LogP contribution in [0.2, 0.25) is 0 Å². The number of anilines is 1. The average Bonchev–Trinajstić information content (AvgIpc) is 2.78. The van der Waals surface area contributed by atoms with Crippen LogP contribution in [-0.2, 0) is 6.18 Å². The smallest absolute Gasteiger partial charge is 0.383 e. The molecule has 0 aliphatic heterocycles. The minimum Gasteiger partial charge on any atom is -0.383 e. The first-order valence-corrected chi connectivity index (χ1v) is 6.49. The fraction of sp³-hybridized carbons (Fsp3) is 0.0833. The van der Waals surface area contributed by atoms with Crippen LogP contribution in [-0.4, -0.2) is 19.6 Å². The van der Waals surface area contributed by atoms with Crippen molar-refractivity contribution in [3.63, 3.8) is 0 Å². The van der Waals surface area contributed by atoms with Crippen LogP contribution in [0, 0.1) is 0 Å². The van der Waals surface area contributed by atoms with Crippen molar-refractivity contribution in [3.8, 4) is 11.3 Å². The van der Waals surface area contributed by atoms with Crippen molar-refractivity contribution in [1.82, 2.24) is 19.6 Å². The van der Waals surface area contributed by atoms with Gasteiger partial charge in [-0.1, -0.05) is 0 Å². The molecule has 3 aromatic rings. The van der Waals surface area contributed by atoms with Gasteiger partial charge in [0.15, 0.2) is 5.65 Å². The molecule has 9 heteroatoms. The highest BCUT2D eigenvalue weighted by molar-refractivity contribution is 9.10. The lowest BCUT2D eigenvalue weighted by Gasteiger charge is -2.14. The summed E-state index contributed by atoms with van der Waals surface area (Å²) in [4.78, 5) is 7.54. The van der Waals surface area contributed by atoms with E-state index in [1.165, 1.54) is 29.0 Å². The summed E-state index contributed by atoms with van der Waals surface area (Å²) in [5, 5.41) is 4.14. The number of hydrogen-bond acceptors (Lipinski definition) is 4. The predicted octanol–water partition coefficient (Wildman–Crippen LogP) is 3.15. The molecule has 5 nitrogen and oxygen atoms in total. The number of aromatic nitrogens is 4. The van der Waals surface area contributed by atoms with Gasteiger partial charge in [-0.05, 0) is 34.1 Å². The summed E-state index contributed by atoms with van der Waals surface area (Å²) in [6.07, 6.45) is -1.89. The molecule has 0 amide bonds. The molecule has 21 heavy (non-hydrogen) atoms. The molecule has 0 unspecified atom stereocenters. The van der Waals surface area contributed by atoms with Crippen molar-refractivity contribution in [2.24, 2.45) is 0 Å². The Morgan fingerprint density at radius 2 is 1.90 bits per heavy atom. The molecule has 0 bridgehead atoms. The monoisotopic (exact) mass is 357 g/mol. The van der Waals surface area contributed by atoms with E-state index in [0.717, 1.165) is 0 Å². The number of alkyl halides is 3. The Morgan fingerprint density at radius 1 is 1.14 bits per heavy atom. The summed E-state index contributed by atoms with van der Waals surface area (Å²) in [7, 11) is 0. The Morgan fingerprint density at radius 3 is 2.62 bits per heavy atom. The average molecular weight is 358 g/mol. The SMILES string of the molecule is Nc1nccc(-c2ccc3ncc(Br)n3n2)c1C(F)(F)F. The number of nitrogens with zero attached hydrogens (tertiary/aromatic N) is 4. The zero-order valence-electron chi connectivity index (χ0n) is 10.3. The first-order chi connectivity index (χ1) is 9.88. The first kappa shape index (κ1) is 13.8. The number of fused-ring (bicyclic) bond motifs is 1. The maximum Gasteiger partial charge on any atom is 0.420 e. The third kappa shape index (κ3) is 2.33. The lowest BCUT2D eigenvalue weighted by Crippen LogP contribution is -2.13. The second kappa shape index (κ2) is 4.69. The number of pyridine rings is 1. The molecule has 2 N–H and O–H groups in total. The molecule has 0 spiro atoms. The number of nitrogen functional groups attached to an aromatic ring is 1. The Balaban J connectivity index is 2.27. The van der Waals surface area contributed by atoms with E-state index in [9.17, 15) is 13.2 Å². The molecule has 3 rings (SSSR count). The van der Waals surface area contributed by atoms with Crippen LogP contribution in [0.3, 0.4) is 0 Å². The summed E-state index contributed by atoms with van der Waals surface area (Å²) in [6.45, 7) is 0. The van der Waals surface area contributed by atoms with Gasteiger partial charge in [0.2, 0.25) is 0 Å². The number of halogens is 4. The van der Waals surface area contributed by atoms with Gasteiger partial charge in [0.25, 0.3) is 0 Å². The second-order valence-corrected chi connectivity index (χ2v) is 5.00. The molecule has 3 heterocycles. The van der Waals surface area contributed by atoms with Crippen molar-refractivity contribution in [1.29, 1.82) is 0 Å². The predicted molar refractivity (Wildman–Crippen MR) is 73.3 cm³/mol. The Bertz CT molecular complexity index is 827. The van der Waals surface area contributed by atoms with Crippen LogP contribution in [0.5, 0.6) is 0 Å². The Labute approximate surface area is 124 Å². The zero-order valence-corrected chi connectivity index (χ0v) is 11.9. The molecule has 3 aromatic heterocycles. The largest absolute Gasteiger partial charge is 0.420 e. The number of rotatable bonds is 1. The molecular weight excluding hydrogens is 351 g/mol. The van der Waals surface area contributed by atoms with E-state index in [-0.39, 0.29) is 11.3 Å². The molecular formula is C12H7BrF3N5. The fourth-order valence-electron chi connectivity index (χ4n) is 1.98. The van der Waals surface area contributed by atoms with Gasteiger partial charge in [-0.25, -0.2) is 14.5 Å². The van der Waals surface area contributed by atoms with Crippen LogP contribution in [0.4, 0.5) is 19.0 Å². The molecule has 0 aromatic carbocycles. The quantitative estimate of drug-likeness (QED) is 0.726. The van der Waals surface area contributed by atoms with Crippen LogP contribution in [0.1, 0.15) is 5.56 Å². The van der Waals surface area contributed by atoms with Gasteiger partial charge < -0.3 is 5.73 Å². The van der Waals surface area contributed by atoms with Gasteiger partial charge in [-0.15, -0.1) is 0 Å². The molecule has 0 atom stereocenters. The number of imidazole rings is 1. The Hall–Kier alpha value is -2.16. The van der Waals surface area contributed by atoms with Crippen molar-refractivity contribution in [3.05, 3.63) is 40.8 Å². The Kier molecular flexibility index (Phi) is 3.08. The van der Waals surface area contributed by atoms with Gasteiger partial charge in [-0.3, -0.25) is 0 Å². The van der Waals surface area contributed by atoms with Crippen molar-refractivity contribution in [2.75, 3.05) is 5.73 Å². The molecule has 108 valence electrons. The van der Waals surface area contributed by atoms with E-state index >= 15 is 0 Å². The van der Waals surface area contributed by atoms with E-state index < -0.39 is 17.6 Å². The van der Waals surface area contributed by atoms with Gasteiger partial charge in [0.05, 0.1) is 11.9 Å². The summed E-state index contributed by atoms with van der Waals surface area (Å²) < 4.78 is 41.4. The standard InChI is InChI=1S/C12H7BrF3N5/c13-8-5-19-9-2-1-7(20-21(8)9)6-3-4-18-11(17)10(6)12(14,15)16/h1-5H,(H2,17,18). The first-order valence-electron chi connectivity index (χ1n) is 5.70. The molecule has 0 aliphatic rings. The van der Waals surface area contributed by atoms with Crippen LogP contribution in [0.15, 0.2) is 35.2 Å². The van der Waals surface area contributed by atoms with Crippen LogP contribution >= 0.6 is 15.9 Å². The van der Waals surface area contributed by atoms with Crippen molar-refractivity contribution in [2.45, 2.75) is 6.18 Å². The lowest BCUT2D eigenvalue weighted by atomic mass is 10.1. The maximum absolute atomic E-state index is 13.2. The van der Waals surface area contributed by atoms with E-state index in [1.807, 2.05) is 0 Å².